The zero-order valence-electron chi connectivity index (χ0n) is 46.0. The number of hydrogen-bond donors (Lipinski definition) is 0. The summed E-state index contributed by atoms with van der Waals surface area (Å²) in [5.74, 6) is -0.436. The Balaban J connectivity index is 4.38. The SMILES string of the molecule is CC/C=C\C/C=C\C/C=C\C/C=C\C/C=C\CCCCCCOCC(COC(=O)CCCCCC/C=C\C/C=C\C/C=C\C/C=C\CC)OC(=O)CCCCCCCCCCCCCCCCCCC. The molecule has 0 aliphatic rings. The van der Waals surface area contributed by atoms with Gasteiger partial charge in [-0.25, -0.2) is 0 Å². The highest BCUT2D eigenvalue weighted by molar-refractivity contribution is 5.70. The molecule has 0 aromatic rings. The van der Waals surface area contributed by atoms with Gasteiger partial charge in [0.2, 0.25) is 0 Å². The number of esters is 2. The maximum atomic E-state index is 12.9. The maximum Gasteiger partial charge on any atom is 0.306 e. The van der Waals surface area contributed by atoms with Gasteiger partial charge in [-0.05, 0) is 103 Å². The average molecular weight is 972 g/mol. The molecule has 5 heteroatoms. The minimum absolute atomic E-state index is 0.0582. The van der Waals surface area contributed by atoms with Crippen LogP contribution in [0.25, 0.3) is 0 Å². The third-order valence-corrected chi connectivity index (χ3v) is 12.3. The molecule has 0 amide bonds. The molecule has 0 aliphatic carbocycles. The summed E-state index contributed by atoms with van der Waals surface area (Å²) in [5, 5.41) is 0. The molecule has 0 N–H and O–H groups in total. The van der Waals surface area contributed by atoms with Crippen LogP contribution in [0.3, 0.4) is 0 Å². The van der Waals surface area contributed by atoms with Gasteiger partial charge in [0, 0.05) is 19.4 Å². The summed E-state index contributed by atoms with van der Waals surface area (Å²) in [7, 11) is 0. The Kier molecular flexibility index (Phi) is 56.9. The molecule has 0 rings (SSSR count). The topological polar surface area (TPSA) is 61.8 Å². The van der Waals surface area contributed by atoms with Crippen LogP contribution in [-0.4, -0.2) is 37.9 Å². The number of carbonyl (C=O) groups excluding carboxylic acids is 2. The third kappa shape index (κ3) is 57.1. The maximum absolute atomic E-state index is 12.9. The predicted octanol–water partition coefficient (Wildman–Crippen LogP) is 20.3. The standard InChI is InChI=1S/C65H110O5/c1-4-7-10-13-16-19-22-25-28-31-32-33-36-39-42-45-48-51-54-57-60-68-61-63(70-65(67)59-56-53-50-47-44-41-38-35-30-27-24-21-18-15-12-9-6-3)62-69-64(66)58-55-52-49-46-43-40-37-34-29-26-23-20-17-14-11-8-5-2/h7-8,10-11,16-17,19-20,25-26,28-29,32-33,37,39-40,42,63H,4-6,9,12-15,18,21-24,27,30-31,34-36,38,41,43-62H2,1-3H3/b10-7-,11-8-,19-16-,20-17-,28-25-,29-26-,33-32-,40-37-,42-39-. The Morgan fingerprint density at radius 2 is 0.643 bits per heavy atom. The summed E-state index contributed by atoms with van der Waals surface area (Å²) in [5.41, 5.74) is 0. The molecule has 70 heavy (non-hydrogen) atoms. The molecular formula is C65H110O5. The molecule has 0 saturated heterocycles. The summed E-state index contributed by atoms with van der Waals surface area (Å²) < 4.78 is 17.5. The number of ether oxygens (including phenoxy) is 3. The lowest BCUT2D eigenvalue weighted by molar-refractivity contribution is -0.163. The van der Waals surface area contributed by atoms with E-state index in [9.17, 15) is 9.59 Å². The number of carbonyl (C=O) groups is 2. The van der Waals surface area contributed by atoms with Gasteiger partial charge < -0.3 is 14.2 Å². The number of rotatable bonds is 53. The van der Waals surface area contributed by atoms with Gasteiger partial charge in [0.25, 0.3) is 0 Å². The molecule has 0 aromatic carbocycles. The molecule has 400 valence electrons. The van der Waals surface area contributed by atoms with Crippen molar-refractivity contribution in [1.82, 2.24) is 0 Å². The van der Waals surface area contributed by atoms with Crippen LogP contribution in [0, 0.1) is 0 Å². The highest BCUT2D eigenvalue weighted by Crippen LogP contribution is 2.15. The zero-order chi connectivity index (χ0) is 50.6. The first-order valence-electron chi connectivity index (χ1n) is 29.4. The normalized spacial score (nSPS) is 13.0. The first-order valence-corrected chi connectivity index (χ1v) is 29.4. The van der Waals surface area contributed by atoms with Crippen molar-refractivity contribution in [3.63, 3.8) is 0 Å². The highest BCUT2D eigenvalue weighted by Gasteiger charge is 2.17. The summed E-state index contributed by atoms with van der Waals surface area (Å²) in [6.07, 6.45) is 82.6. The van der Waals surface area contributed by atoms with Crippen LogP contribution in [0.15, 0.2) is 109 Å². The minimum Gasteiger partial charge on any atom is -0.462 e. The largest absolute Gasteiger partial charge is 0.462 e. The Labute approximate surface area is 434 Å². The molecule has 0 fully saturated rings. The van der Waals surface area contributed by atoms with Crippen LogP contribution in [0.1, 0.15) is 265 Å². The van der Waals surface area contributed by atoms with Crippen molar-refractivity contribution >= 4 is 11.9 Å². The monoisotopic (exact) mass is 971 g/mol. The van der Waals surface area contributed by atoms with Crippen molar-refractivity contribution in [2.24, 2.45) is 0 Å². The van der Waals surface area contributed by atoms with Gasteiger partial charge in [0.15, 0.2) is 6.10 Å². The Morgan fingerprint density at radius 3 is 1.03 bits per heavy atom. The summed E-state index contributed by atoms with van der Waals surface area (Å²) in [6.45, 7) is 7.54. The van der Waals surface area contributed by atoms with E-state index in [1.165, 1.54) is 103 Å². The van der Waals surface area contributed by atoms with Crippen LogP contribution < -0.4 is 0 Å². The van der Waals surface area contributed by atoms with E-state index >= 15 is 0 Å². The first-order chi connectivity index (χ1) is 34.6. The number of allylic oxidation sites excluding steroid dienone is 18. The smallest absolute Gasteiger partial charge is 0.306 e. The molecule has 0 saturated carbocycles. The lowest BCUT2D eigenvalue weighted by Crippen LogP contribution is -2.30. The summed E-state index contributed by atoms with van der Waals surface area (Å²) >= 11 is 0. The second-order valence-corrected chi connectivity index (χ2v) is 19.1. The molecule has 0 heterocycles. The molecule has 0 aliphatic heterocycles. The van der Waals surface area contributed by atoms with E-state index in [0.717, 1.165) is 128 Å². The van der Waals surface area contributed by atoms with E-state index in [4.69, 9.17) is 14.2 Å². The van der Waals surface area contributed by atoms with E-state index in [1.807, 2.05) is 0 Å². The van der Waals surface area contributed by atoms with E-state index in [0.29, 0.717) is 19.4 Å². The quantitative estimate of drug-likeness (QED) is 0.0345. The van der Waals surface area contributed by atoms with E-state index in [2.05, 4.69) is 130 Å². The van der Waals surface area contributed by atoms with Gasteiger partial charge in [-0.1, -0.05) is 259 Å². The predicted molar refractivity (Wildman–Crippen MR) is 306 cm³/mol. The second kappa shape index (κ2) is 59.9. The molecule has 1 atom stereocenters. The van der Waals surface area contributed by atoms with Crippen molar-refractivity contribution in [2.75, 3.05) is 19.8 Å². The van der Waals surface area contributed by atoms with E-state index < -0.39 is 6.10 Å². The van der Waals surface area contributed by atoms with Crippen LogP contribution in [0.4, 0.5) is 0 Å². The van der Waals surface area contributed by atoms with Crippen molar-refractivity contribution in [1.29, 1.82) is 0 Å². The lowest BCUT2D eigenvalue weighted by Gasteiger charge is -2.18. The van der Waals surface area contributed by atoms with Gasteiger partial charge in [-0.3, -0.25) is 9.59 Å². The first kappa shape index (κ1) is 66.6. The van der Waals surface area contributed by atoms with Crippen molar-refractivity contribution in [2.45, 2.75) is 271 Å². The molecular weight excluding hydrogens is 861 g/mol. The third-order valence-electron chi connectivity index (χ3n) is 12.3. The number of unbranched alkanes of at least 4 members (excludes halogenated alkanes) is 24. The molecule has 1 unspecified atom stereocenters. The van der Waals surface area contributed by atoms with Crippen molar-refractivity contribution in [3.05, 3.63) is 109 Å². The fourth-order valence-electron chi connectivity index (χ4n) is 8.00. The van der Waals surface area contributed by atoms with Crippen molar-refractivity contribution < 1.29 is 23.8 Å². The van der Waals surface area contributed by atoms with Gasteiger partial charge in [-0.2, -0.15) is 0 Å². The van der Waals surface area contributed by atoms with Crippen LogP contribution in [0.5, 0.6) is 0 Å². The second-order valence-electron chi connectivity index (χ2n) is 19.1. The Hall–Kier alpha value is -3.44. The fourth-order valence-corrected chi connectivity index (χ4v) is 8.00. The Bertz CT molecular complexity index is 1380. The minimum atomic E-state index is -0.566. The summed E-state index contributed by atoms with van der Waals surface area (Å²) in [4.78, 5) is 25.6. The highest BCUT2D eigenvalue weighted by atomic mass is 16.6. The van der Waals surface area contributed by atoms with Gasteiger partial charge in [-0.15, -0.1) is 0 Å². The van der Waals surface area contributed by atoms with Crippen LogP contribution in [0.2, 0.25) is 0 Å². The summed E-state index contributed by atoms with van der Waals surface area (Å²) in [6, 6.07) is 0. The van der Waals surface area contributed by atoms with Gasteiger partial charge in [0.1, 0.15) is 6.61 Å². The van der Waals surface area contributed by atoms with Crippen LogP contribution >= 0.6 is 0 Å². The lowest BCUT2D eigenvalue weighted by atomic mass is 10.0. The van der Waals surface area contributed by atoms with Crippen LogP contribution in [-0.2, 0) is 23.8 Å². The molecule has 5 nitrogen and oxygen atoms in total. The Morgan fingerprint density at radius 1 is 0.329 bits per heavy atom. The fraction of sp³-hybridized carbons (Fsp3) is 0.692. The molecule has 0 spiro atoms. The van der Waals surface area contributed by atoms with Gasteiger partial charge in [0.05, 0.1) is 6.61 Å². The molecule has 0 radical (unpaired) electrons. The average Bonchev–Trinajstić information content (AvgIpc) is 3.36. The molecule has 0 bridgehead atoms. The van der Waals surface area contributed by atoms with Gasteiger partial charge >= 0.3 is 11.9 Å². The number of hydrogen-bond acceptors (Lipinski definition) is 5. The van der Waals surface area contributed by atoms with E-state index in [-0.39, 0.29) is 25.2 Å². The van der Waals surface area contributed by atoms with E-state index in [1.54, 1.807) is 0 Å². The van der Waals surface area contributed by atoms with Crippen molar-refractivity contribution in [3.8, 4) is 0 Å². The molecule has 0 aromatic heterocycles. The zero-order valence-corrected chi connectivity index (χ0v) is 46.0.